The predicted molar refractivity (Wildman–Crippen MR) is 77.1 cm³/mol. The first-order valence-electron chi connectivity index (χ1n) is 6.69. The van der Waals surface area contributed by atoms with E-state index in [4.69, 9.17) is 4.74 Å². The van der Waals surface area contributed by atoms with Gasteiger partial charge in [0, 0.05) is 30.4 Å². The normalized spacial score (nSPS) is 19.5. The molecule has 1 aromatic heterocycles. The van der Waals surface area contributed by atoms with Crippen molar-refractivity contribution < 1.29 is 9.53 Å². The zero-order chi connectivity index (χ0) is 13.7. The van der Waals surface area contributed by atoms with E-state index in [1.54, 1.807) is 12.3 Å². The molecule has 0 aliphatic carbocycles. The Bertz CT molecular complexity index is 422. The fraction of sp³-hybridized carbons (Fsp3) is 0.571. The molecule has 2 rings (SSSR count). The van der Waals surface area contributed by atoms with Gasteiger partial charge >= 0.3 is 0 Å². The van der Waals surface area contributed by atoms with Crippen molar-refractivity contribution in [2.24, 2.45) is 5.92 Å². The van der Waals surface area contributed by atoms with Crippen LogP contribution < -0.4 is 0 Å². The Hall–Kier alpha value is -0.940. The van der Waals surface area contributed by atoms with Gasteiger partial charge in [0.05, 0.1) is 6.61 Å². The smallest absolute Gasteiger partial charge is 0.272 e. The number of aromatic nitrogens is 1. The van der Waals surface area contributed by atoms with E-state index < -0.39 is 0 Å². The van der Waals surface area contributed by atoms with Gasteiger partial charge in [0.2, 0.25) is 0 Å². The highest BCUT2D eigenvalue weighted by Gasteiger charge is 2.25. The molecule has 2 heterocycles. The minimum Gasteiger partial charge on any atom is -0.381 e. The number of halogens is 1. The van der Waals surface area contributed by atoms with E-state index in [-0.39, 0.29) is 5.91 Å². The van der Waals surface area contributed by atoms with E-state index >= 15 is 0 Å². The molecule has 0 unspecified atom stereocenters. The SMILES string of the molecule is CCOC[C@H]1CCCN(C(=O)c2ccc(Br)cn2)C1. The Labute approximate surface area is 122 Å². The molecule has 4 nitrogen and oxygen atoms in total. The van der Waals surface area contributed by atoms with Crippen molar-refractivity contribution in [1.82, 2.24) is 9.88 Å². The van der Waals surface area contributed by atoms with Gasteiger partial charge in [-0.2, -0.15) is 0 Å². The van der Waals surface area contributed by atoms with Crippen LogP contribution in [0.25, 0.3) is 0 Å². The Morgan fingerprint density at radius 1 is 1.58 bits per heavy atom. The van der Waals surface area contributed by atoms with Crippen LogP contribution in [-0.4, -0.2) is 42.1 Å². The molecule has 1 atom stereocenters. The van der Waals surface area contributed by atoms with Gasteiger partial charge in [0.25, 0.3) is 5.91 Å². The van der Waals surface area contributed by atoms with E-state index in [1.165, 1.54) is 0 Å². The average molecular weight is 327 g/mol. The predicted octanol–water partition coefficient (Wildman–Crippen LogP) is 2.73. The summed E-state index contributed by atoms with van der Waals surface area (Å²) < 4.78 is 6.35. The summed E-state index contributed by atoms with van der Waals surface area (Å²) in [6.45, 7) is 5.07. The third kappa shape index (κ3) is 4.01. The van der Waals surface area contributed by atoms with E-state index in [1.807, 2.05) is 17.9 Å². The van der Waals surface area contributed by atoms with Gasteiger partial charge in [-0.25, -0.2) is 4.98 Å². The molecule has 1 saturated heterocycles. The first-order chi connectivity index (χ1) is 9.20. The van der Waals surface area contributed by atoms with E-state index in [2.05, 4.69) is 20.9 Å². The van der Waals surface area contributed by atoms with Crippen LogP contribution in [0.2, 0.25) is 0 Å². The first kappa shape index (κ1) is 14.5. The van der Waals surface area contributed by atoms with Crippen LogP contribution in [0.3, 0.4) is 0 Å². The number of hydrogen-bond donors (Lipinski definition) is 0. The highest BCUT2D eigenvalue weighted by molar-refractivity contribution is 9.10. The lowest BCUT2D eigenvalue weighted by Gasteiger charge is -2.32. The summed E-state index contributed by atoms with van der Waals surface area (Å²) in [7, 11) is 0. The number of ether oxygens (including phenoxy) is 1. The van der Waals surface area contributed by atoms with Gasteiger partial charge in [-0.3, -0.25) is 4.79 Å². The Morgan fingerprint density at radius 3 is 3.11 bits per heavy atom. The number of carbonyl (C=O) groups is 1. The standard InChI is InChI=1S/C14H19BrN2O2/c1-2-19-10-11-4-3-7-17(9-11)14(18)13-6-5-12(15)8-16-13/h5-6,8,11H,2-4,7,9-10H2,1H3/t11-/m0/s1. The summed E-state index contributed by atoms with van der Waals surface area (Å²) in [5.74, 6) is 0.474. The Kier molecular flexibility index (Phi) is 5.34. The van der Waals surface area contributed by atoms with Crippen molar-refractivity contribution in [2.75, 3.05) is 26.3 Å². The van der Waals surface area contributed by atoms with Crippen LogP contribution in [0, 0.1) is 5.92 Å². The molecule has 0 bridgehead atoms. The number of rotatable bonds is 4. The van der Waals surface area contributed by atoms with E-state index in [0.29, 0.717) is 11.6 Å². The maximum absolute atomic E-state index is 12.3. The van der Waals surface area contributed by atoms with Gasteiger partial charge in [-0.15, -0.1) is 0 Å². The number of pyridine rings is 1. The number of nitrogens with zero attached hydrogens (tertiary/aromatic N) is 2. The van der Waals surface area contributed by atoms with Crippen molar-refractivity contribution in [1.29, 1.82) is 0 Å². The molecule has 0 radical (unpaired) electrons. The van der Waals surface area contributed by atoms with Crippen molar-refractivity contribution in [3.8, 4) is 0 Å². The maximum Gasteiger partial charge on any atom is 0.272 e. The van der Waals surface area contributed by atoms with E-state index in [0.717, 1.165) is 43.6 Å². The van der Waals surface area contributed by atoms with Crippen LogP contribution in [-0.2, 0) is 4.74 Å². The van der Waals surface area contributed by atoms with Gasteiger partial charge in [0.15, 0.2) is 0 Å². The number of amides is 1. The number of piperidine rings is 1. The topological polar surface area (TPSA) is 42.4 Å². The summed E-state index contributed by atoms with van der Waals surface area (Å²) in [6.07, 6.45) is 3.84. The first-order valence-corrected chi connectivity index (χ1v) is 7.48. The third-order valence-corrected chi connectivity index (χ3v) is 3.78. The molecule has 0 N–H and O–H groups in total. The molecule has 0 spiro atoms. The lowest BCUT2D eigenvalue weighted by Crippen LogP contribution is -2.41. The summed E-state index contributed by atoms with van der Waals surface area (Å²) in [5.41, 5.74) is 0.514. The highest BCUT2D eigenvalue weighted by atomic mass is 79.9. The molecule has 1 fully saturated rings. The summed E-state index contributed by atoms with van der Waals surface area (Å²) in [6, 6.07) is 3.61. The number of hydrogen-bond acceptors (Lipinski definition) is 3. The fourth-order valence-electron chi connectivity index (χ4n) is 2.33. The fourth-order valence-corrected chi connectivity index (χ4v) is 2.57. The zero-order valence-electron chi connectivity index (χ0n) is 11.1. The molecule has 1 aromatic rings. The summed E-state index contributed by atoms with van der Waals surface area (Å²) >= 11 is 3.32. The van der Waals surface area contributed by atoms with Crippen molar-refractivity contribution >= 4 is 21.8 Å². The second-order valence-electron chi connectivity index (χ2n) is 4.78. The van der Waals surface area contributed by atoms with Gasteiger partial charge < -0.3 is 9.64 Å². The molecular formula is C14H19BrN2O2. The Balaban J connectivity index is 1.96. The van der Waals surface area contributed by atoms with Gasteiger partial charge in [-0.1, -0.05) is 0 Å². The van der Waals surface area contributed by atoms with Crippen molar-refractivity contribution in [3.05, 3.63) is 28.5 Å². The van der Waals surface area contributed by atoms with Crippen LogP contribution in [0.15, 0.2) is 22.8 Å². The quantitative estimate of drug-likeness (QED) is 0.854. The second-order valence-corrected chi connectivity index (χ2v) is 5.70. The van der Waals surface area contributed by atoms with Crippen LogP contribution in [0.5, 0.6) is 0 Å². The van der Waals surface area contributed by atoms with Crippen LogP contribution in [0.1, 0.15) is 30.3 Å². The molecule has 0 saturated carbocycles. The van der Waals surface area contributed by atoms with E-state index in [9.17, 15) is 4.79 Å². The van der Waals surface area contributed by atoms with Crippen LogP contribution >= 0.6 is 15.9 Å². The second kappa shape index (κ2) is 7.01. The van der Waals surface area contributed by atoms with Crippen molar-refractivity contribution in [2.45, 2.75) is 19.8 Å². The summed E-state index contributed by atoms with van der Waals surface area (Å²) in [4.78, 5) is 18.4. The van der Waals surface area contributed by atoms with Gasteiger partial charge in [0.1, 0.15) is 5.69 Å². The summed E-state index contributed by atoms with van der Waals surface area (Å²) in [5, 5.41) is 0. The monoisotopic (exact) mass is 326 g/mol. The molecule has 1 amide bonds. The molecule has 5 heteroatoms. The largest absolute Gasteiger partial charge is 0.381 e. The Morgan fingerprint density at radius 2 is 2.42 bits per heavy atom. The molecule has 0 aromatic carbocycles. The third-order valence-electron chi connectivity index (χ3n) is 3.31. The lowest BCUT2D eigenvalue weighted by atomic mass is 9.98. The van der Waals surface area contributed by atoms with Crippen LogP contribution in [0.4, 0.5) is 0 Å². The molecule has 1 aliphatic heterocycles. The molecule has 1 aliphatic rings. The molecular weight excluding hydrogens is 308 g/mol. The maximum atomic E-state index is 12.3. The van der Waals surface area contributed by atoms with Crippen molar-refractivity contribution in [3.63, 3.8) is 0 Å². The highest BCUT2D eigenvalue weighted by Crippen LogP contribution is 2.19. The van der Waals surface area contributed by atoms with Gasteiger partial charge in [-0.05, 0) is 53.7 Å². The zero-order valence-corrected chi connectivity index (χ0v) is 12.7. The number of likely N-dealkylation sites (tertiary alicyclic amines) is 1. The molecule has 104 valence electrons. The minimum absolute atomic E-state index is 0.0219. The minimum atomic E-state index is 0.0219. The average Bonchev–Trinajstić information content (AvgIpc) is 2.45. The number of carbonyl (C=O) groups excluding carboxylic acids is 1. The molecule has 19 heavy (non-hydrogen) atoms. The lowest BCUT2D eigenvalue weighted by molar-refractivity contribution is 0.0496.